The zero-order valence-electron chi connectivity index (χ0n) is 18.9. The molecule has 168 valence electrons. The van der Waals surface area contributed by atoms with E-state index in [1.807, 2.05) is 23.1 Å². The minimum atomic E-state index is -0.371. The summed E-state index contributed by atoms with van der Waals surface area (Å²) < 4.78 is 17.1. The molecule has 1 spiro atoms. The monoisotopic (exact) mass is 441 g/mol. The van der Waals surface area contributed by atoms with E-state index in [0.29, 0.717) is 30.2 Å². The van der Waals surface area contributed by atoms with Crippen molar-refractivity contribution < 1.29 is 19.0 Å². The van der Waals surface area contributed by atoms with Crippen molar-refractivity contribution >= 4 is 12.0 Å². The summed E-state index contributed by atoms with van der Waals surface area (Å²) >= 11 is 0. The number of carbonyl (C=O) groups is 1. The Morgan fingerprint density at radius 3 is 2.24 bits per heavy atom. The Bertz CT molecular complexity index is 1170. The van der Waals surface area contributed by atoms with Crippen LogP contribution in [0.25, 0.3) is 17.2 Å². The Kier molecular flexibility index (Phi) is 5.55. The number of carbonyl (C=O) groups excluding carboxylic acids is 1. The highest BCUT2D eigenvalue weighted by molar-refractivity contribution is 5.95. The smallest absolute Gasteiger partial charge is 0.254 e. The number of fused-ring (bicyclic) bond motifs is 1. The van der Waals surface area contributed by atoms with Gasteiger partial charge in [-0.25, -0.2) is 0 Å². The first kappa shape index (κ1) is 21.1. The highest BCUT2D eigenvalue weighted by Gasteiger charge is 2.38. The summed E-state index contributed by atoms with van der Waals surface area (Å²) in [5, 5.41) is 0. The summed E-state index contributed by atoms with van der Waals surface area (Å²) in [5.41, 5.74) is 3.65. The van der Waals surface area contributed by atoms with E-state index in [2.05, 4.69) is 42.5 Å². The van der Waals surface area contributed by atoms with Gasteiger partial charge in [-0.3, -0.25) is 4.79 Å². The van der Waals surface area contributed by atoms with Crippen molar-refractivity contribution in [3.63, 3.8) is 0 Å². The van der Waals surface area contributed by atoms with E-state index < -0.39 is 0 Å². The van der Waals surface area contributed by atoms with Crippen molar-refractivity contribution in [3.8, 4) is 28.4 Å². The van der Waals surface area contributed by atoms with Crippen LogP contribution in [-0.4, -0.2) is 43.7 Å². The van der Waals surface area contributed by atoms with Gasteiger partial charge in [0.15, 0.2) is 0 Å². The molecule has 5 nitrogen and oxygen atoms in total. The van der Waals surface area contributed by atoms with Crippen LogP contribution in [0, 0.1) is 0 Å². The summed E-state index contributed by atoms with van der Waals surface area (Å²) in [4.78, 5) is 15.0. The van der Waals surface area contributed by atoms with Gasteiger partial charge < -0.3 is 19.1 Å². The maximum Gasteiger partial charge on any atom is 0.254 e. The zero-order valence-corrected chi connectivity index (χ0v) is 18.9. The molecule has 1 saturated heterocycles. The molecule has 0 radical (unpaired) electrons. The van der Waals surface area contributed by atoms with Gasteiger partial charge in [0.1, 0.15) is 22.8 Å². The highest BCUT2D eigenvalue weighted by Crippen LogP contribution is 2.39. The molecular weight excluding hydrogens is 414 g/mol. The first-order chi connectivity index (χ1) is 16.1. The molecule has 5 rings (SSSR count). The van der Waals surface area contributed by atoms with Gasteiger partial charge in [0.2, 0.25) is 0 Å². The number of nitrogens with zero attached hydrogens (tertiary/aromatic N) is 1. The van der Waals surface area contributed by atoms with Crippen LogP contribution in [0.5, 0.6) is 17.2 Å². The minimum absolute atomic E-state index is 0.0188. The second kappa shape index (κ2) is 8.66. The first-order valence-corrected chi connectivity index (χ1v) is 11.2. The van der Waals surface area contributed by atoms with E-state index in [1.54, 1.807) is 32.4 Å². The number of methoxy groups -OCH3 is 2. The van der Waals surface area contributed by atoms with E-state index >= 15 is 0 Å². The standard InChI is InChI=1S/C28H27NO4/c1-31-24-17-23(18-25(19-24)32-2)27(30)29-14-12-28(13-15-29)11-10-22-16-21(8-9-26(22)33-28)20-6-4-3-5-7-20/h3-11,16-19H,12-15H2,1-2H3. The molecule has 0 atom stereocenters. The average Bonchev–Trinajstić information content (AvgIpc) is 2.88. The van der Waals surface area contributed by atoms with E-state index in [1.165, 1.54) is 11.1 Å². The zero-order chi connectivity index (χ0) is 22.8. The highest BCUT2D eigenvalue weighted by atomic mass is 16.5. The van der Waals surface area contributed by atoms with Gasteiger partial charge in [-0.1, -0.05) is 42.5 Å². The third-order valence-electron chi connectivity index (χ3n) is 6.49. The fraction of sp³-hybridized carbons (Fsp3) is 0.250. The van der Waals surface area contributed by atoms with Crippen molar-refractivity contribution in [2.45, 2.75) is 18.4 Å². The van der Waals surface area contributed by atoms with Crippen LogP contribution in [0.15, 0.2) is 72.8 Å². The molecule has 0 unspecified atom stereocenters. The van der Waals surface area contributed by atoms with E-state index in [9.17, 15) is 4.79 Å². The average molecular weight is 442 g/mol. The predicted octanol–water partition coefficient (Wildman–Crippen LogP) is 5.45. The van der Waals surface area contributed by atoms with Crippen LogP contribution in [0.3, 0.4) is 0 Å². The van der Waals surface area contributed by atoms with Crippen LogP contribution in [-0.2, 0) is 0 Å². The van der Waals surface area contributed by atoms with Crippen molar-refractivity contribution in [2.24, 2.45) is 0 Å². The molecule has 5 heteroatoms. The van der Waals surface area contributed by atoms with Crippen LogP contribution >= 0.6 is 0 Å². The number of benzene rings is 3. The fourth-order valence-corrected chi connectivity index (χ4v) is 4.55. The molecule has 3 aromatic carbocycles. The number of hydrogen-bond donors (Lipinski definition) is 0. The lowest BCUT2D eigenvalue weighted by Crippen LogP contribution is -2.49. The second-order valence-corrected chi connectivity index (χ2v) is 8.51. The third kappa shape index (κ3) is 4.19. The van der Waals surface area contributed by atoms with Crippen molar-refractivity contribution in [1.29, 1.82) is 0 Å². The Morgan fingerprint density at radius 1 is 0.879 bits per heavy atom. The van der Waals surface area contributed by atoms with Gasteiger partial charge >= 0.3 is 0 Å². The molecule has 0 aromatic heterocycles. The molecular formula is C28H27NO4. The van der Waals surface area contributed by atoms with E-state index in [4.69, 9.17) is 14.2 Å². The fourth-order valence-electron chi connectivity index (χ4n) is 4.55. The molecule has 1 amide bonds. The Balaban J connectivity index is 1.29. The molecule has 0 bridgehead atoms. The lowest BCUT2D eigenvalue weighted by atomic mass is 9.87. The van der Waals surface area contributed by atoms with Gasteiger partial charge in [-0.05, 0) is 41.5 Å². The lowest BCUT2D eigenvalue weighted by Gasteiger charge is -2.42. The van der Waals surface area contributed by atoms with Crippen LogP contribution in [0.1, 0.15) is 28.8 Å². The molecule has 2 heterocycles. The summed E-state index contributed by atoms with van der Waals surface area (Å²) in [6.07, 6.45) is 5.82. The van der Waals surface area contributed by atoms with E-state index in [0.717, 1.165) is 24.2 Å². The number of hydrogen-bond acceptors (Lipinski definition) is 4. The summed E-state index contributed by atoms with van der Waals surface area (Å²) in [6, 6.07) is 22.0. The van der Waals surface area contributed by atoms with Gasteiger partial charge in [-0.15, -0.1) is 0 Å². The van der Waals surface area contributed by atoms with Crippen LogP contribution in [0.4, 0.5) is 0 Å². The number of rotatable bonds is 4. The summed E-state index contributed by atoms with van der Waals surface area (Å²) in [6.45, 7) is 1.25. The maximum absolute atomic E-state index is 13.1. The molecule has 2 aliphatic heterocycles. The van der Waals surface area contributed by atoms with E-state index in [-0.39, 0.29) is 11.5 Å². The predicted molar refractivity (Wildman–Crippen MR) is 129 cm³/mol. The molecule has 1 fully saturated rings. The van der Waals surface area contributed by atoms with Gasteiger partial charge in [0.05, 0.1) is 14.2 Å². The number of likely N-dealkylation sites (tertiary alicyclic amines) is 1. The summed E-state index contributed by atoms with van der Waals surface area (Å²) in [7, 11) is 3.17. The Labute approximate surface area is 194 Å². The normalized spacial score (nSPS) is 16.1. The van der Waals surface area contributed by atoms with Gasteiger partial charge in [-0.2, -0.15) is 0 Å². The second-order valence-electron chi connectivity index (χ2n) is 8.51. The Morgan fingerprint density at radius 2 is 1.58 bits per heavy atom. The topological polar surface area (TPSA) is 48.0 Å². The van der Waals surface area contributed by atoms with Crippen LogP contribution in [0.2, 0.25) is 0 Å². The van der Waals surface area contributed by atoms with Gasteiger partial charge in [0, 0.05) is 43.1 Å². The number of ether oxygens (including phenoxy) is 3. The molecule has 0 aliphatic carbocycles. The molecule has 3 aromatic rings. The van der Waals surface area contributed by atoms with Crippen molar-refractivity contribution in [3.05, 3.63) is 83.9 Å². The van der Waals surface area contributed by atoms with Crippen molar-refractivity contribution in [2.75, 3.05) is 27.3 Å². The molecule has 0 N–H and O–H groups in total. The molecule has 33 heavy (non-hydrogen) atoms. The first-order valence-electron chi connectivity index (χ1n) is 11.2. The quantitative estimate of drug-likeness (QED) is 0.540. The maximum atomic E-state index is 13.1. The minimum Gasteiger partial charge on any atom is -0.497 e. The lowest BCUT2D eigenvalue weighted by molar-refractivity contribution is 0.0329. The number of amides is 1. The third-order valence-corrected chi connectivity index (χ3v) is 6.49. The Hall–Kier alpha value is -3.73. The largest absolute Gasteiger partial charge is 0.497 e. The van der Waals surface area contributed by atoms with Crippen molar-refractivity contribution in [1.82, 2.24) is 4.90 Å². The SMILES string of the molecule is COc1cc(OC)cc(C(=O)N2CCC3(C=Cc4cc(-c5ccccc5)ccc4O3)CC2)c1. The van der Waals surface area contributed by atoms with Crippen LogP contribution < -0.4 is 14.2 Å². The van der Waals surface area contributed by atoms with Gasteiger partial charge in [0.25, 0.3) is 5.91 Å². The number of piperidine rings is 1. The molecule has 0 saturated carbocycles. The molecule has 2 aliphatic rings. The summed E-state index contributed by atoms with van der Waals surface area (Å²) in [5.74, 6) is 2.09.